The van der Waals surface area contributed by atoms with Gasteiger partial charge in [-0.3, -0.25) is 9.78 Å². The monoisotopic (exact) mass is 374 g/mol. The van der Waals surface area contributed by atoms with Gasteiger partial charge in [0.05, 0.1) is 6.20 Å². The lowest BCUT2D eigenvalue weighted by atomic mass is 10.1. The van der Waals surface area contributed by atoms with Crippen LogP contribution >= 0.6 is 0 Å². The number of aromatic nitrogens is 4. The number of hydrogen-bond acceptors (Lipinski definition) is 6. The van der Waals surface area contributed by atoms with Crippen LogP contribution in [0.5, 0.6) is 0 Å². The summed E-state index contributed by atoms with van der Waals surface area (Å²) in [5, 5.41) is 0. The quantitative estimate of drug-likeness (QED) is 0.701. The average molecular weight is 374 g/mol. The number of rotatable bonds is 3. The molecule has 0 unspecified atom stereocenters. The summed E-state index contributed by atoms with van der Waals surface area (Å²) in [7, 11) is 0. The predicted molar refractivity (Wildman–Crippen MR) is 107 cm³/mol. The highest BCUT2D eigenvalue weighted by molar-refractivity contribution is 5.95. The van der Waals surface area contributed by atoms with E-state index in [4.69, 9.17) is 0 Å². The highest BCUT2D eigenvalue weighted by Crippen LogP contribution is 2.20. The number of nitrogens with zero attached hydrogens (tertiary/aromatic N) is 6. The maximum atomic E-state index is 13.0. The van der Waals surface area contributed by atoms with Crippen LogP contribution in [0.1, 0.15) is 21.7 Å². The minimum atomic E-state index is 0.0324. The van der Waals surface area contributed by atoms with Crippen molar-refractivity contribution < 1.29 is 4.79 Å². The van der Waals surface area contributed by atoms with Gasteiger partial charge in [0.1, 0.15) is 5.82 Å². The molecule has 1 aliphatic heterocycles. The van der Waals surface area contributed by atoms with Crippen molar-refractivity contribution in [3.63, 3.8) is 0 Å². The Kier molecular flexibility index (Phi) is 4.97. The van der Waals surface area contributed by atoms with Crippen LogP contribution in [0.3, 0.4) is 0 Å². The Morgan fingerprint density at radius 3 is 2.39 bits per heavy atom. The Balaban J connectivity index is 1.48. The average Bonchev–Trinajstić information content (AvgIpc) is 2.73. The summed E-state index contributed by atoms with van der Waals surface area (Å²) in [6.45, 7) is 6.68. The molecular weight excluding hydrogens is 352 g/mol. The first-order chi connectivity index (χ1) is 13.6. The van der Waals surface area contributed by atoms with E-state index in [0.717, 1.165) is 35.9 Å². The SMILES string of the molecule is Cc1cc(C)nc(-c2cccc(C(=O)N3CCN(c4cnccn4)CC3)c2)n1. The lowest BCUT2D eigenvalue weighted by Crippen LogP contribution is -2.49. The molecule has 0 atom stereocenters. The lowest BCUT2D eigenvalue weighted by Gasteiger charge is -2.35. The largest absolute Gasteiger partial charge is 0.352 e. The zero-order valence-corrected chi connectivity index (χ0v) is 16.0. The van der Waals surface area contributed by atoms with Gasteiger partial charge in [-0.25, -0.2) is 15.0 Å². The van der Waals surface area contributed by atoms with Crippen molar-refractivity contribution >= 4 is 11.7 Å². The van der Waals surface area contributed by atoms with E-state index in [1.807, 2.05) is 49.1 Å². The van der Waals surface area contributed by atoms with Crippen LogP contribution in [0.2, 0.25) is 0 Å². The van der Waals surface area contributed by atoms with Crippen LogP contribution in [0.25, 0.3) is 11.4 Å². The topological polar surface area (TPSA) is 75.1 Å². The highest BCUT2D eigenvalue weighted by atomic mass is 16.2. The number of carbonyl (C=O) groups is 1. The fourth-order valence-electron chi connectivity index (χ4n) is 3.42. The number of aryl methyl sites for hydroxylation is 2. The molecule has 4 rings (SSSR count). The molecule has 1 aliphatic rings. The second kappa shape index (κ2) is 7.72. The third kappa shape index (κ3) is 3.83. The summed E-state index contributed by atoms with van der Waals surface area (Å²) >= 11 is 0. The molecule has 0 aliphatic carbocycles. The summed E-state index contributed by atoms with van der Waals surface area (Å²) in [4.78, 5) is 34.5. The fraction of sp³-hybridized carbons (Fsp3) is 0.286. The molecule has 1 amide bonds. The Morgan fingerprint density at radius 1 is 0.964 bits per heavy atom. The molecule has 3 heterocycles. The zero-order chi connectivity index (χ0) is 19.5. The van der Waals surface area contributed by atoms with Crippen molar-refractivity contribution in [2.75, 3.05) is 31.1 Å². The van der Waals surface area contributed by atoms with Crippen molar-refractivity contribution in [1.29, 1.82) is 0 Å². The molecule has 1 saturated heterocycles. The fourth-order valence-corrected chi connectivity index (χ4v) is 3.42. The Labute approximate surface area is 164 Å². The van der Waals surface area contributed by atoms with Gasteiger partial charge in [-0.05, 0) is 32.0 Å². The van der Waals surface area contributed by atoms with E-state index in [1.165, 1.54) is 0 Å². The highest BCUT2D eigenvalue weighted by Gasteiger charge is 2.23. The van der Waals surface area contributed by atoms with Crippen molar-refractivity contribution in [3.8, 4) is 11.4 Å². The number of carbonyl (C=O) groups excluding carboxylic acids is 1. The summed E-state index contributed by atoms with van der Waals surface area (Å²) in [5.74, 6) is 1.54. The minimum absolute atomic E-state index is 0.0324. The number of benzene rings is 1. The second-order valence-electron chi connectivity index (χ2n) is 6.90. The van der Waals surface area contributed by atoms with Crippen molar-refractivity contribution in [2.45, 2.75) is 13.8 Å². The number of hydrogen-bond donors (Lipinski definition) is 0. The molecule has 7 heteroatoms. The Hall–Kier alpha value is -3.35. The first kappa shape index (κ1) is 18.0. The minimum Gasteiger partial charge on any atom is -0.352 e. The maximum Gasteiger partial charge on any atom is 0.253 e. The number of piperazine rings is 1. The molecule has 1 aromatic carbocycles. The van der Waals surface area contributed by atoms with Gasteiger partial charge >= 0.3 is 0 Å². The van der Waals surface area contributed by atoms with Crippen LogP contribution in [-0.2, 0) is 0 Å². The normalized spacial score (nSPS) is 14.2. The third-order valence-corrected chi connectivity index (χ3v) is 4.79. The van der Waals surface area contributed by atoms with Crippen LogP contribution in [0.15, 0.2) is 48.9 Å². The molecule has 0 spiro atoms. The maximum absolute atomic E-state index is 13.0. The summed E-state index contributed by atoms with van der Waals surface area (Å²) in [5.41, 5.74) is 3.35. The third-order valence-electron chi connectivity index (χ3n) is 4.79. The second-order valence-corrected chi connectivity index (χ2v) is 6.90. The summed E-state index contributed by atoms with van der Waals surface area (Å²) < 4.78 is 0. The van der Waals surface area contributed by atoms with Gasteiger partial charge in [0, 0.05) is 61.1 Å². The van der Waals surface area contributed by atoms with Gasteiger partial charge in [-0.15, -0.1) is 0 Å². The van der Waals surface area contributed by atoms with E-state index < -0.39 is 0 Å². The summed E-state index contributed by atoms with van der Waals surface area (Å²) in [6, 6.07) is 9.50. The molecule has 7 nitrogen and oxygen atoms in total. The van der Waals surface area contributed by atoms with Gasteiger partial charge in [-0.1, -0.05) is 12.1 Å². The number of amides is 1. The molecule has 142 valence electrons. The molecule has 0 saturated carbocycles. The van der Waals surface area contributed by atoms with Gasteiger partial charge < -0.3 is 9.80 Å². The standard InChI is InChI=1S/C21H22N6O/c1-15-12-16(2)25-20(24-15)17-4-3-5-18(13-17)21(28)27-10-8-26(9-11-27)19-14-22-6-7-23-19/h3-7,12-14H,8-11H2,1-2H3. The van der Waals surface area contributed by atoms with E-state index in [9.17, 15) is 4.79 Å². The lowest BCUT2D eigenvalue weighted by molar-refractivity contribution is 0.0746. The zero-order valence-electron chi connectivity index (χ0n) is 16.0. The van der Waals surface area contributed by atoms with Crippen molar-refractivity contribution in [1.82, 2.24) is 24.8 Å². The van der Waals surface area contributed by atoms with Crippen molar-refractivity contribution in [2.24, 2.45) is 0 Å². The van der Waals surface area contributed by atoms with Gasteiger partial charge in [0.2, 0.25) is 0 Å². The molecule has 3 aromatic rings. The molecule has 28 heavy (non-hydrogen) atoms. The van der Waals surface area contributed by atoms with Gasteiger partial charge in [0.15, 0.2) is 5.82 Å². The first-order valence-electron chi connectivity index (χ1n) is 9.33. The Morgan fingerprint density at radius 2 is 1.71 bits per heavy atom. The van der Waals surface area contributed by atoms with Crippen LogP contribution < -0.4 is 4.90 Å². The predicted octanol–water partition coefficient (Wildman–Crippen LogP) is 2.51. The van der Waals surface area contributed by atoms with Gasteiger partial charge in [-0.2, -0.15) is 0 Å². The van der Waals surface area contributed by atoms with E-state index in [0.29, 0.717) is 24.5 Å². The Bertz CT molecular complexity index is 963. The van der Waals surface area contributed by atoms with E-state index in [-0.39, 0.29) is 5.91 Å². The number of anilines is 1. The molecule has 1 fully saturated rings. The van der Waals surface area contributed by atoms with Crippen LogP contribution in [-0.4, -0.2) is 56.9 Å². The van der Waals surface area contributed by atoms with E-state index in [1.54, 1.807) is 18.6 Å². The van der Waals surface area contributed by atoms with E-state index >= 15 is 0 Å². The smallest absolute Gasteiger partial charge is 0.253 e. The molecule has 0 radical (unpaired) electrons. The molecule has 0 N–H and O–H groups in total. The van der Waals surface area contributed by atoms with Crippen LogP contribution in [0, 0.1) is 13.8 Å². The molecular formula is C21H22N6O. The summed E-state index contributed by atoms with van der Waals surface area (Å²) in [6.07, 6.45) is 5.11. The molecule has 0 bridgehead atoms. The van der Waals surface area contributed by atoms with Crippen molar-refractivity contribution in [3.05, 3.63) is 65.9 Å². The van der Waals surface area contributed by atoms with Crippen LogP contribution in [0.4, 0.5) is 5.82 Å². The molecule has 2 aromatic heterocycles. The van der Waals surface area contributed by atoms with E-state index in [2.05, 4.69) is 24.8 Å². The first-order valence-corrected chi connectivity index (χ1v) is 9.33. The van der Waals surface area contributed by atoms with Gasteiger partial charge in [0.25, 0.3) is 5.91 Å².